The Hall–Kier alpha value is -3.09. The maximum absolute atomic E-state index is 5.36. The lowest BCUT2D eigenvalue weighted by atomic mass is 9.89. The van der Waals surface area contributed by atoms with Crippen LogP contribution in [0.15, 0.2) is 42.9 Å². The van der Waals surface area contributed by atoms with Crippen LogP contribution in [0, 0.1) is 0 Å². The van der Waals surface area contributed by atoms with Gasteiger partial charge in [0.1, 0.15) is 17.9 Å². The van der Waals surface area contributed by atoms with E-state index in [0.29, 0.717) is 11.8 Å². The molecule has 0 aliphatic carbocycles. The molecule has 1 saturated heterocycles. The summed E-state index contributed by atoms with van der Waals surface area (Å²) in [5.41, 5.74) is 3.47. The van der Waals surface area contributed by atoms with Gasteiger partial charge in [0, 0.05) is 36.3 Å². The lowest BCUT2D eigenvalue weighted by Crippen LogP contribution is -2.33. The van der Waals surface area contributed by atoms with Gasteiger partial charge in [0.2, 0.25) is 5.88 Å². The Bertz CT molecular complexity index is 903. The smallest absolute Gasteiger partial charge is 0.218 e. The summed E-state index contributed by atoms with van der Waals surface area (Å²) in [4.78, 5) is 10.7. The lowest BCUT2D eigenvalue weighted by molar-refractivity contribution is 0.396. The highest BCUT2D eigenvalue weighted by Crippen LogP contribution is 2.35. The molecule has 1 aliphatic heterocycles. The SMILES string of the molecule is COc1cccc(-c2cn[nH]c2C2CCN(c3cc(OC)ncn3)CC2)c1. The van der Waals surface area contributed by atoms with Crippen LogP contribution < -0.4 is 14.4 Å². The number of nitrogens with zero attached hydrogens (tertiary/aromatic N) is 4. The summed E-state index contributed by atoms with van der Waals surface area (Å²) in [7, 11) is 3.31. The largest absolute Gasteiger partial charge is 0.497 e. The second-order valence-electron chi connectivity index (χ2n) is 6.61. The topological polar surface area (TPSA) is 76.2 Å². The number of hydrogen-bond acceptors (Lipinski definition) is 6. The normalized spacial score (nSPS) is 15.0. The molecule has 0 spiro atoms. The zero-order valence-corrected chi connectivity index (χ0v) is 15.6. The molecule has 0 atom stereocenters. The zero-order valence-electron chi connectivity index (χ0n) is 15.6. The fourth-order valence-electron chi connectivity index (χ4n) is 3.64. The first-order valence-corrected chi connectivity index (χ1v) is 9.07. The number of aromatic nitrogens is 4. The molecule has 0 bridgehead atoms. The monoisotopic (exact) mass is 365 g/mol. The second-order valence-corrected chi connectivity index (χ2v) is 6.61. The van der Waals surface area contributed by atoms with Crippen LogP contribution in [0.3, 0.4) is 0 Å². The van der Waals surface area contributed by atoms with Gasteiger partial charge in [-0.15, -0.1) is 0 Å². The Morgan fingerprint density at radius 1 is 1.07 bits per heavy atom. The van der Waals surface area contributed by atoms with E-state index < -0.39 is 0 Å². The Balaban J connectivity index is 1.50. The molecule has 0 unspecified atom stereocenters. The Labute approximate surface area is 158 Å². The average molecular weight is 365 g/mol. The number of benzene rings is 1. The fourth-order valence-corrected chi connectivity index (χ4v) is 3.64. The van der Waals surface area contributed by atoms with Crippen molar-refractivity contribution in [3.63, 3.8) is 0 Å². The molecular formula is C20H23N5O2. The van der Waals surface area contributed by atoms with Gasteiger partial charge in [-0.1, -0.05) is 12.1 Å². The van der Waals surface area contributed by atoms with Crippen molar-refractivity contribution in [3.8, 4) is 22.8 Å². The van der Waals surface area contributed by atoms with Gasteiger partial charge in [0.25, 0.3) is 0 Å². The van der Waals surface area contributed by atoms with Gasteiger partial charge in [-0.2, -0.15) is 5.10 Å². The van der Waals surface area contributed by atoms with Crippen LogP contribution in [0.1, 0.15) is 24.5 Å². The third kappa shape index (κ3) is 3.58. The molecule has 0 radical (unpaired) electrons. The lowest BCUT2D eigenvalue weighted by Gasteiger charge is -2.32. The summed E-state index contributed by atoms with van der Waals surface area (Å²) in [6, 6.07) is 10.0. The van der Waals surface area contributed by atoms with Crippen LogP contribution in [-0.2, 0) is 0 Å². The number of rotatable bonds is 5. The number of methoxy groups -OCH3 is 2. The van der Waals surface area contributed by atoms with Crippen LogP contribution in [-0.4, -0.2) is 47.5 Å². The van der Waals surface area contributed by atoms with Crippen molar-refractivity contribution in [2.24, 2.45) is 0 Å². The van der Waals surface area contributed by atoms with E-state index in [4.69, 9.17) is 9.47 Å². The van der Waals surface area contributed by atoms with Crippen molar-refractivity contribution in [2.45, 2.75) is 18.8 Å². The van der Waals surface area contributed by atoms with Crippen molar-refractivity contribution < 1.29 is 9.47 Å². The van der Waals surface area contributed by atoms with Crippen molar-refractivity contribution in [3.05, 3.63) is 48.5 Å². The first kappa shape index (κ1) is 17.3. The molecule has 3 aromatic rings. The molecule has 1 aromatic carbocycles. The molecular weight excluding hydrogens is 342 g/mol. The van der Waals surface area contributed by atoms with Crippen molar-refractivity contribution in [1.29, 1.82) is 0 Å². The highest BCUT2D eigenvalue weighted by molar-refractivity contribution is 5.67. The summed E-state index contributed by atoms with van der Waals surface area (Å²) in [6.45, 7) is 1.86. The number of aromatic amines is 1. The summed E-state index contributed by atoms with van der Waals surface area (Å²) < 4.78 is 10.6. The van der Waals surface area contributed by atoms with E-state index in [9.17, 15) is 0 Å². The van der Waals surface area contributed by atoms with Crippen LogP contribution in [0.4, 0.5) is 5.82 Å². The van der Waals surface area contributed by atoms with Gasteiger partial charge < -0.3 is 14.4 Å². The molecule has 1 fully saturated rings. The molecule has 1 N–H and O–H groups in total. The standard InChI is InChI=1S/C20H23N5O2/c1-26-16-5-3-4-15(10-16)17-12-23-24-20(17)14-6-8-25(9-7-14)18-11-19(27-2)22-13-21-18/h3-5,10-14H,6-9H2,1-2H3,(H,23,24). The molecule has 3 heterocycles. The van der Waals surface area contributed by atoms with Crippen molar-refractivity contribution in [1.82, 2.24) is 20.2 Å². The maximum atomic E-state index is 5.36. The molecule has 4 rings (SSSR count). The minimum absolute atomic E-state index is 0.439. The maximum Gasteiger partial charge on any atom is 0.218 e. The first-order valence-electron chi connectivity index (χ1n) is 9.07. The van der Waals surface area contributed by atoms with Gasteiger partial charge in [-0.05, 0) is 30.5 Å². The van der Waals surface area contributed by atoms with E-state index >= 15 is 0 Å². The molecule has 7 heteroatoms. The third-order valence-electron chi connectivity index (χ3n) is 5.11. The van der Waals surface area contributed by atoms with Gasteiger partial charge >= 0.3 is 0 Å². The number of piperidine rings is 1. The first-order chi connectivity index (χ1) is 13.3. The van der Waals surface area contributed by atoms with E-state index in [1.54, 1.807) is 20.5 Å². The molecule has 140 valence electrons. The Morgan fingerprint density at radius 2 is 1.93 bits per heavy atom. The number of anilines is 1. The molecule has 0 amide bonds. The zero-order chi connectivity index (χ0) is 18.6. The van der Waals surface area contributed by atoms with Crippen LogP contribution in [0.2, 0.25) is 0 Å². The van der Waals surface area contributed by atoms with E-state index in [1.165, 1.54) is 5.69 Å². The van der Waals surface area contributed by atoms with Crippen LogP contribution >= 0.6 is 0 Å². The number of nitrogens with one attached hydrogen (secondary N) is 1. The summed E-state index contributed by atoms with van der Waals surface area (Å²) in [5.74, 6) is 2.80. The Kier molecular flexibility index (Phi) is 4.91. The number of hydrogen-bond donors (Lipinski definition) is 1. The van der Waals surface area contributed by atoms with Gasteiger partial charge in [0.05, 0.1) is 20.4 Å². The number of ether oxygens (including phenoxy) is 2. The van der Waals surface area contributed by atoms with E-state index in [0.717, 1.165) is 48.6 Å². The molecule has 7 nitrogen and oxygen atoms in total. The van der Waals surface area contributed by atoms with Gasteiger partial charge in [0.15, 0.2) is 0 Å². The van der Waals surface area contributed by atoms with E-state index in [-0.39, 0.29) is 0 Å². The highest BCUT2D eigenvalue weighted by atomic mass is 16.5. The van der Waals surface area contributed by atoms with E-state index in [2.05, 4.69) is 37.2 Å². The van der Waals surface area contributed by atoms with Crippen molar-refractivity contribution >= 4 is 5.82 Å². The van der Waals surface area contributed by atoms with Gasteiger partial charge in [-0.3, -0.25) is 5.10 Å². The predicted octanol–water partition coefficient (Wildman–Crippen LogP) is 3.27. The third-order valence-corrected chi connectivity index (χ3v) is 5.11. The van der Waals surface area contributed by atoms with E-state index in [1.807, 2.05) is 24.4 Å². The highest BCUT2D eigenvalue weighted by Gasteiger charge is 2.25. The number of H-pyrrole nitrogens is 1. The average Bonchev–Trinajstić information content (AvgIpc) is 3.24. The minimum atomic E-state index is 0.439. The predicted molar refractivity (Wildman–Crippen MR) is 103 cm³/mol. The fraction of sp³-hybridized carbons (Fsp3) is 0.350. The molecule has 0 saturated carbocycles. The van der Waals surface area contributed by atoms with Crippen LogP contribution in [0.5, 0.6) is 11.6 Å². The quantitative estimate of drug-likeness (QED) is 0.748. The minimum Gasteiger partial charge on any atom is -0.497 e. The van der Waals surface area contributed by atoms with Crippen molar-refractivity contribution in [2.75, 3.05) is 32.2 Å². The van der Waals surface area contributed by atoms with Gasteiger partial charge in [-0.25, -0.2) is 9.97 Å². The molecule has 27 heavy (non-hydrogen) atoms. The molecule has 2 aromatic heterocycles. The summed E-state index contributed by atoms with van der Waals surface area (Å²) in [6.07, 6.45) is 5.53. The Morgan fingerprint density at radius 3 is 2.70 bits per heavy atom. The second kappa shape index (κ2) is 7.65. The summed E-state index contributed by atoms with van der Waals surface area (Å²) >= 11 is 0. The molecule has 1 aliphatic rings. The summed E-state index contributed by atoms with van der Waals surface area (Å²) in [5, 5.41) is 7.54. The van der Waals surface area contributed by atoms with Crippen LogP contribution in [0.25, 0.3) is 11.1 Å².